The molecule has 4 heteroatoms. The first-order valence-electron chi connectivity index (χ1n) is 9.96. The monoisotopic (exact) mass is 452 g/mol. The van der Waals surface area contributed by atoms with Crippen molar-refractivity contribution in [3.05, 3.63) is 53.6 Å². The van der Waals surface area contributed by atoms with E-state index in [1.54, 1.807) is 0 Å². The Balaban J connectivity index is 2.54. The zero-order valence-corrected chi connectivity index (χ0v) is 20.0. The van der Waals surface area contributed by atoms with Crippen molar-refractivity contribution >= 4 is 25.4 Å². The van der Waals surface area contributed by atoms with Gasteiger partial charge >= 0.3 is 166 Å². The number of allylic oxidation sites excluding steroid dienone is 3. The van der Waals surface area contributed by atoms with Crippen molar-refractivity contribution in [2.45, 2.75) is 70.7 Å². The SMILES string of the molecule is COC(C)(C)C(CC/C(C)=C/CC/C(C)=C/COC(C)=O)[Se]c1ccccc1. The third kappa shape index (κ3) is 10.3. The topological polar surface area (TPSA) is 35.5 Å². The Bertz CT molecular complexity index is 647. The Hall–Kier alpha value is -1.35. The molecule has 0 radical (unpaired) electrons. The second kappa shape index (κ2) is 13.0. The molecule has 0 saturated carbocycles. The fraction of sp³-hybridized carbons (Fsp3) is 0.542. The van der Waals surface area contributed by atoms with Gasteiger partial charge < -0.3 is 0 Å². The Morgan fingerprint density at radius 1 is 1.07 bits per heavy atom. The van der Waals surface area contributed by atoms with E-state index in [2.05, 4.69) is 64.1 Å². The molecule has 156 valence electrons. The average molecular weight is 452 g/mol. The van der Waals surface area contributed by atoms with Gasteiger partial charge in [0.05, 0.1) is 0 Å². The molecule has 0 aliphatic carbocycles. The molecular weight excluding hydrogens is 415 g/mol. The summed E-state index contributed by atoms with van der Waals surface area (Å²) in [5.74, 6) is -0.231. The molecular formula is C24H36O3Se. The summed E-state index contributed by atoms with van der Waals surface area (Å²) >= 11 is 0.386. The first-order valence-corrected chi connectivity index (χ1v) is 11.8. The van der Waals surface area contributed by atoms with E-state index in [-0.39, 0.29) is 11.6 Å². The molecule has 1 aromatic carbocycles. The van der Waals surface area contributed by atoms with Gasteiger partial charge in [-0.2, -0.15) is 0 Å². The van der Waals surface area contributed by atoms with Gasteiger partial charge in [-0.15, -0.1) is 0 Å². The molecule has 0 bridgehead atoms. The van der Waals surface area contributed by atoms with Crippen LogP contribution in [0.1, 0.15) is 60.3 Å². The van der Waals surface area contributed by atoms with E-state index in [0.717, 1.165) is 25.7 Å². The third-order valence-electron chi connectivity index (χ3n) is 4.87. The number of methoxy groups -OCH3 is 1. The van der Waals surface area contributed by atoms with Crippen molar-refractivity contribution in [1.29, 1.82) is 0 Å². The second-order valence-electron chi connectivity index (χ2n) is 7.71. The molecule has 3 nitrogen and oxygen atoms in total. The molecule has 0 spiro atoms. The van der Waals surface area contributed by atoms with Crippen LogP contribution in [0.3, 0.4) is 0 Å². The molecule has 1 unspecified atom stereocenters. The summed E-state index contributed by atoms with van der Waals surface area (Å²) in [5.41, 5.74) is 2.58. The first-order chi connectivity index (χ1) is 13.2. The van der Waals surface area contributed by atoms with Crippen LogP contribution in [0.2, 0.25) is 4.82 Å². The summed E-state index contributed by atoms with van der Waals surface area (Å²) in [5, 5.41) is 0. The van der Waals surface area contributed by atoms with E-state index in [1.165, 1.54) is 22.5 Å². The summed E-state index contributed by atoms with van der Waals surface area (Å²) in [4.78, 5) is 11.3. The van der Waals surface area contributed by atoms with Crippen molar-refractivity contribution in [2.24, 2.45) is 0 Å². The standard InChI is InChI=1S/C24H36O3Se/c1-19(11-10-12-20(2)17-18-27-21(3)25)15-16-23(24(4,5)26-6)28-22-13-8-7-9-14-22/h7-9,11,13-14,17,23H,10,12,15-16,18H2,1-6H3/b19-11+,20-17+. The predicted molar refractivity (Wildman–Crippen MR) is 119 cm³/mol. The van der Waals surface area contributed by atoms with Crippen LogP contribution in [0, 0.1) is 0 Å². The molecule has 1 atom stereocenters. The van der Waals surface area contributed by atoms with Gasteiger partial charge in [0.2, 0.25) is 0 Å². The number of rotatable bonds is 12. The fourth-order valence-corrected chi connectivity index (χ4v) is 5.39. The number of esters is 1. The van der Waals surface area contributed by atoms with E-state index < -0.39 is 0 Å². The van der Waals surface area contributed by atoms with E-state index >= 15 is 0 Å². The summed E-state index contributed by atoms with van der Waals surface area (Å²) in [7, 11) is 1.82. The number of hydrogen-bond acceptors (Lipinski definition) is 3. The average Bonchev–Trinajstić information content (AvgIpc) is 2.65. The van der Waals surface area contributed by atoms with Crippen molar-refractivity contribution in [3.63, 3.8) is 0 Å². The maximum atomic E-state index is 10.8. The normalized spacial score (nSPS) is 14.1. The number of hydrogen-bond donors (Lipinski definition) is 0. The molecule has 0 aliphatic rings. The first kappa shape index (κ1) is 24.7. The zero-order chi connectivity index (χ0) is 21.0. The summed E-state index contributed by atoms with van der Waals surface area (Å²) < 4.78 is 12.2. The molecule has 1 rings (SSSR count). The van der Waals surface area contributed by atoms with Gasteiger partial charge in [0.15, 0.2) is 0 Å². The van der Waals surface area contributed by atoms with Gasteiger partial charge in [-0.25, -0.2) is 0 Å². The summed E-state index contributed by atoms with van der Waals surface area (Å²) in [6.07, 6.45) is 8.59. The van der Waals surface area contributed by atoms with Gasteiger partial charge in [0, 0.05) is 6.92 Å². The van der Waals surface area contributed by atoms with Gasteiger partial charge in [-0.3, -0.25) is 4.79 Å². The van der Waals surface area contributed by atoms with Crippen LogP contribution in [0.15, 0.2) is 53.6 Å². The van der Waals surface area contributed by atoms with Crippen LogP contribution in [0.25, 0.3) is 0 Å². The molecule has 0 N–H and O–H groups in total. The van der Waals surface area contributed by atoms with Gasteiger partial charge in [0.1, 0.15) is 0 Å². The van der Waals surface area contributed by atoms with E-state index in [9.17, 15) is 4.79 Å². The third-order valence-corrected chi connectivity index (χ3v) is 8.30. The van der Waals surface area contributed by atoms with Crippen LogP contribution in [-0.2, 0) is 14.3 Å². The van der Waals surface area contributed by atoms with E-state index in [4.69, 9.17) is 9.47 Å². The molecule has 0 aliphatic heterocycles. The number of ether oxygens (including phenoxy) is 2. The molecule has 0 fully saturated rings. The van der Waals surface area contributed by atoms with Crippen molar-refractivity contribution in [2.75, 3.05) is 13.7 Å². The van der Waals surface area contributed by atoms with Crippen molar-refractivity contribution in [1.82, 2.24) is 0 Å². The molecule has 0 saturated heterocycles. The predicted octanol–water partition coefficient (Wildman–Crippen LogP) is 5.25. The fourth-order valence-electron chi connectivity index (χ4n) is 2.75. The van der Waals surface area contributed by atoms with Gasteiger partial charge in [0.25, 0.3) is 0 Å². The summed E-state index contributed by atoms with van der Waals surface area (Å²) in [6, 6.07) is 10.8. The molecule has 0 aromatic heterocycles. The Morgan fingerprint density at radius 2 is 1.71 bits per heavy atom. The van der Waals surface area contributed by atoms with Crippen molar-refractivity contribution in [3.8, 4) is 0 Å². The molecule has 0 amide bonds. The quantitative estimate of drug-likeness (QED) is 0.248. The van der Waals surface area contributed by atoms with Crippen LogP contribution < -0.4 is 4.46 Å². The van der Waals surface area contributed by atoms with Gasteiger partial charge in [-0.05, 0) is 0 Å². The van der Waals surface area contributed by atoms with Crippen LogP contribution in [-0.4, -0.2) is 40.2 Å². The number of carbonyl (C=O) groups is 1. The second-order valence-corrected chi connectivity index (χ2v) is 10.4. The van der Waals surface area contributed by atoms with Crippen molar-refractivity contribution < 1.29 is 14.3 Å². The molecule has 0 heterocycles. The van der Waals surface area contributed by atoms with Crippen LogP contribution >= 0.6 is 0 Å². The Labute approximate surface area is 177 Å². The van der Waals surface area contributed by atoms with Gasteiger partial charge in [-0.1, -0.05) is 0 Å². The minimum atomic E-state index is -0.231. The van der Waals surface area contributed by atoms with E-state index in [0.29, 0.717) is 26.4 Å². The number of benzene rings is 1. The maximum absolute atomic E-state index is 10.8. The Morgan fingerprint density at radius 3 is 2.32 bits per heavy atom. The molecule has 1 aromatic rings. The van der Waals surface area contributed by atoms with E-state index in [1.807, 2.05) is 13.2 Å². The summed E-state index contributed by atoms with van der Waals surface area (Å²) in [6.45, 7) is 10.5. The van der Waals surface area contributed by atoms with Crippen LogP contribution in [0.5, 0.6) is 0 Å². The number of carbonyl (C=O) groups excluding carboxylic acids is 1. The zero-order valence-electron chi connectivity index (χ0n) is 18.3. The van der Waals surface area contributed by atoms with Crippen LogP contribution in [0.4, 0.5) is 0 Å². The minimum absolute atomic E-state index is 0.119. The Kier molecular flexibility index (Phi) is 11.4. The molecule has 28 heavy (non-hydrogen) atoms.